The molecule has 0 aromatic heterocycles. The Morgan fingerprint density at radius 3 is 2.79 bits per heavy atom. The molecule has 0 fully saturated rings. The number of ether oxygens (including phenoxy) is 2. The molecule has 1 rings (SSSR count). The van der Waals surface area contributed by atoms with E-state index in [1.807, 2.05) is 0 Å². The molecule has 0 spiro atoms. The zero-order valence-electron chi connectivity index (χ0n) is 10.8. The molecule has 19 heavy (non-hydrogen) atoms. The fourth-order valence-corrected chi connectivity index (χ4v) is 1.63. The highest BCUT2D eigenvalue weighted by Gasteiger charge is 2.11. The number of likely N-dealkylation sites (N-methyl/N-ethyl adjacent to an activating group) is 1. The van der Waals surface area contributed by atoms with Crippen LogP contribution in [0.1, 0.15) is 5.56 Å². The number of benzene rings is 1. The highest BCUT2D eigenvalue weighted by atomic mass is 35.5. The number of amides is 1. The number of nitrogens with one attached hydrogen (secondary N) is 2. The topological polar surface area (TPSA) is 79.8 Å². The summed E-state index contributed by atoms with van der Waals surface area (Å²) in [5, 5.41) is 14.8. The Kier molecular flexibility index (Phi) is 6.41. The van der Waals surface area contributed by atoms with Crippen LogP contribution in [0.5, 0.6) is 5.75 Å². The fourth-order valence-electron chi connectivity index (χ4n) is 1.40. The van der Waals surface area contributed by atoms with Gasteiger partial charge < -0.3 is 19.9 Å². The van der Waals surface area contributed by atoms with Crippen molar-refractivity contribution in [3.8, 4) is 5.75 Å². The number of hydrogen-bond donors (Lipinski definition) is 3. The second kappa shape index (κ2) is 7.83. The molecular weight excluding hydrogens is 272 g/mol. The number of rotatable bonds is 6. The molecule has 0 bridgehead atoms. The molecule has 6 nitrogen and oxygen atoms in total. The fraction of sp³-hybridized carbons (Fsp3) is 0.417. The highest BCUT2D eigenvalue weighted by Crippen LogP contribution is 2.31. The summed E-state index contributed by atoms with van der Waals surface area (Å²) in [6.07, 6.45) is -0.601. The quantitative estimate of drug-likeness (QED) is 0.693. The second-order valence-corrected chi connectivity index (χ2v) is 4.07. The van der Waals surface area contributed by atoms with Gasteiger partial charge in [0, 0.05) is 18.2 Å². The number of hydrogen-bond acceptors (Lipinski definition) is 5. The van der Waals surface area contributed by atoms with E-state index >= 15 is 0 Å². The van der Waals surface area contributed by atoms with Gasteiger partial charge in [0.25, 0.3) is 0 Å². The predicted molar refractivity (Wildman–Crippen MR) is 72.8 cm³/mol. The van der Waals surface area contributed by atoms with Gasteiger partial charge in [-0.3, -0.25) is 5.32 Å². The van der Waals surface area contributed by atoms with E-state index in [0.29, 0.717) is 28.6 Å². The van der Waals surface area contributed by atoms with E-state index < -0.39 is 6.09 Å². The van der Waals surface area contributed by atoms with Crippen molar-refractivity contribution in [3.63, 3.8) is 0 Å². The van der Waals surface area contributed by atoms with Crippen molar-refractivity contribution in [1.82, 2.24) is 5.32 Å². The lowest BCUT2D eigenvalue weighted by molar-refractivity contribution is 0.163. The van der Waals surface area contributed by atoms with Gasteiger partial charge in [0.05, 0.1) is 24.4 Å². The molecule has 1 aromatic carbocycles. The van der Waals surface area contributed by atoms with Gasteiger partial charge >= 0.3 is 6.09 Å². The van der Waals surface area contributed by atoms with Crippen LogP contribution in [0.15, 0.2) is 12.1 Å². The number of halogens is 1. The van der Waals surface area contributed by atoms with Crippen LogP contribution in [0, 0.1) is 0 Å². The first kappa shape index (κ1) is 15.6. The monoisotopic (exact) mass is 288 g/mol. The molecule has 0 saturated carbocycles. The minimum atomic E-state index is -0.601. The normalized spacial score (nSPS) is 10.1. The van der Waals surface area contributed by atoms with Crippen LogP contribution in [0.4, 0.5) is 10.5 Å². The van der Waals surface area contributed by atoms with Crippen molar-refractivity contribution in [2.24, 2.45) is 0 Å². The zero-order chi connectivity index (χ0) is 14.3. The van der Waals surface area contributed by atoms with Crippen LogP contribution in [-0.4, -0.2) is 38.5 Å². The maximum absolute atomic E-state index is 11.5. The van der Waals surface area contributed by atoms with Gasteiger partial charge in [-0.15, -0.1) is 0 Å². The van der Waals surface area contributed by atoms with E-state index in [1.54, 1.807) is 7.05 Å². The number of anilines is 1. The standard InChI is InChI=1S/C12H17ClN2O4/c1-14-3-4-19-12(17)15-10-6-11(18-2)8(7-16)5-9(10)13/h5-6,14,16H,3-4,7H2,1-2H3,(H,15,17). The SMILES string of the molecule is CNCCOC(=O)Nc1cc(OC)c(CO)cc1Cl. The number of aliphatic hydroxyl groups is 1. The summed E-state index contributed by atoms with van der Waals surface area (Å²) in [5.74, 6) is 0.442. The van der Waals surface area contributed by atoms with Gasteiger partial charge in [-0.2, -0.15) is 0 Å². The third-order valence-electron chi connectivity index (χ3n) is 2.36. The minimum absolute atomic E-state index is 0.199. The van der Waals surface area contributed by atoms with Gasteiger partial charge in [0.2, 0.25) is 0 Å². The Morgan fingerprint density at radius 2 is 2.21 bits per heavy atom. The molecule has 0 saturated heterocycles. The van der Waals surface area contributed by atoms with Crippen LogP contribution in [0.3, 0.4) is 0 Å². The molecule has 1 amide bonds. The maximum atomic E-state index is 11.5. The van der Waals surface area contributed by atoms with Crippen molar-refractivity contribution in [2.45, 2.75) is 6.61 Å². The van der Waals surface area contributed by atoms with Gasteiger partial charge in [0.15, 0.2) is 0 Å². The minimum Gasteiger partial charge on any atom is -0.496 e. The largest absolute Gasteiger partial charge is 0.496 e. The van der Waals surface area contributed by atoms with E-state index in [2.05, 4.69) is 10.6 Å². The van der Waals surface area contributed by atoms with Crippen molar-refractivity contribution in [1.29, 1.82) is 0 Å². The predicted octanol–water partition coefficient (Wildman–Crippen LogP) is 1.61. The summed E-state index contributed by atoms with van der Waals surface area (Å²) in [7, 11) is 3.23. The molecule has 7 heteroatoms. The third-order valence-corrected chi connectivity index (χ3v) is 2.68. The van der Waals surface area contributed by atoms with Gasteiger partial charge in [-0.25, -0.2) is 4.79 Å². The second-order valence-electron chi connectivity index (χ2n) is 3.67. The summed E-state index contributed by atoms with van der Waals surface area (Å²) < 4.78 is 10.0. The van der Waals surface area contributed by atoms with Gasteiger partial charge in [-0.05, 0) is 13.1 Å². The Morgan fingerprint density at radius 1 is 1.47 bits per heavy atom. The molecule has 0 atom stereocenters. The first-order valence-corrected chi connectivity index (χ1v) is 6.05. The van der Waals surface area contributed by atoms with Crippen molar-refractivity contribution in [3.05, 3.63) is 22.7 Å². The Balaban J connectivity index is 2.75. The average Bonchev–Trinajstić information content (AvgIpc) is 2.40. The number of carbonyl (C=O) groups is 1. The van der Waals surface area contributed by atoms with Crippen LogP contribution < -0.4 is 15.4 Å². The summed E-state index contributed by atoms with van der Waals surface area (Å²) in [5.41, 5.74) is 0.909. The Labute approximate surface area is 116 Å². The zero-order valence-corrected chi connectivity index (χ0v) is 11.6. The molecule has 0 aliphatic heterocycles. The molecule has 0 heterocycles. The van der Waals surface area contributed by atoms with Crippen LogP contribution >= 0.6 is 11.6 Å². The average molecular weight is 289 g/mol. The molecule has 0 radical (unpaired) electrons. The summed E-state index contributed by atoms with van der Waals surface area (Å²) >= 11 is 5.99. The molecular formula is C12H17ClN2O4. The lowest BCUT2D eigenvalue weighted by atomic mass is 10.2. The van der Waals surface area contributed by atoms with E-state index in [4.69, 9.17) is 26.2 Å². The highest BCUT2D eigenvalue weighted by molar-refractivity contribution is 6.33. The lowest BCUT2D eigenvalue weighted by Gasteiger charge is -2.12. The molecule has 0 aliphatic carbocycles. The smallest absolute Gasteiger partial charge is 0.411 e. The molecule has 106 valence electrons. The number of methoxy groups -OCH3 is 1. The number of aliphatic hydroxyl groups excluding tert-OH is 1. The Bertz CT molecular complexity index is 440. The molecule has 0 aliphatic rings. The summed E-state index contributed by atoms with van der Waals surface area (Å²) in [6.45, 7) is 0.621. The maximum Gasteiger partial charge on any atom is 0.411 e. The molecule has 0 unspecified atom stereocenters. The first-order chi connectivity index (χ1) is 9.12. The number of carbonyl (C=O) groups excluding carboxylic acids is 1. The van der Waals surface area contributed by atoms with Gasteiger partial charge in [-0.1, -0.05) is 11.6 Å². The first-order valence-electron chi connectivity index (χ1n) is 5.68. The van der Waals surface area contributed by atoms with Crippen molar-refractivity contribution >= 4 is 23.4 Å². The van der Waals surface area contributed by atoms with Crippen LogP contribution in [0.25, 0.3) is 0 Å². The van der Waals surface area contributed by atoms with Crippen molar-refractivity contribution < 1.29 is 19.4 Å². The third kappa shape index (κ3) is 4.59. The summed E-state index contributed by atoms with van der Waals surface area (Å²) in [6, 6.07) is 3.07. The van der Waals surface area contributed by atoms with E-state index in [0.717, 1.165) is 0 Å². The lowest BCUT2D eigenvalue weighted by Crippen LogP contribution is -2.20. The van der Waals surface area contributed by atoms with Gasteiger partial charge in [0.1, 0.15) is 12.4 Å². The molecule has 1 aromatic rings. The van der Waals surface area contributed by atoms with E-state index in [9.17, 15) is 4.79 Å². The van der Waals surface area contributed by atoms with E-state index in [1.165, 1.54) is 19.2 Å². The van der Waals surface area contributed by atoms with Crippen LogP contribution in [-0.2, 0) is 11.3 Å². The van der Waals surface area contributed by atoms with Crippen LogP contribution in [0.2, 0.25) is 5.02 Å². The summed E-state index contributed by atoms with van der Waals surface area (Å²) in [4.78, 5) is 11.5. The van der Waals surface area contributed by atoms with Crippen molar-refractivity contribution in [2.75, 3.05) is 32.6 Å². The molecule has 3 N–H and O–H groups in total. The van der Waals surface area contributed by atoms with E-state index in [-0.39, 0.29) is 13.2 Å². The Hall–Kier alpha value is -1.50.